The molecule has 0 aromatic heterocycles. The van der Waals surface area contributed by atoms with E-state index in [0.717, 1.165) is 5.56 Å². The summed E-state index contributed by atoms with van der Waals surface area (Å²) in [5, 5.41) is 3.12. The summed E-state index contributed by atoms with van der Waals surface area (Å²) in [4.78, 5) is 12.0. The lowest BCUT2D eigenvalue weighted by molar-refractivity contribution is -0.118. The Kier molecular flexibility index (Phi) is 5.71. The summed E-state index contributed by atoms with van der Waals surface area (Å²) in [5.41, 5.74) is 1.59. The van der Waals surface area contributed by atoms with Crippen LogP contribution in [0.25, 0.3) is 0 Å². The molecule has 2 aromatic rings. The second kappa shape index (κ2) is 7.74. The zero-order chi connectivity index (χ0) is 16.8. The zero-order valence-corrected chi connectivity index (χ0v) is 13.9. The third-order valence-corrected chi connectivity index (χ3v) is 3.43. The van der Waals surface area contributed by atoms with E-state index in [1.165, 1.54) is 14.2 Å². The van der Waals surface area contributed by atoms with Crippen molar-refractivity contribution in [2.24, 2.45) is 0 Å². The maximum absolute atomic E-state index is 12.0. The van der Waals surface area contributed by atoms with Gasteiger partial charge in [0.05, 0.1) is 24.9 Å². The average Bonchev–Trinajstić information content (AvgIpc) is 2.55. The van der Waals surface area contributed by atoms with E-state index in [1.807, 2.05) is 31.2 Å². The summed E-state index contributed by atoms with van der Waals surface area (Å²) < 4.78 is 15.8. The molecule has 0 saturated heterocycles. The first-order chi connectivity index (χ1) is 11.0. The first-order valence-electron chi connectivity index (χ1n) is 6.94. The molecular formula is C17H18ClNO4. The third-order valence-electron chi connectivity index (χ3n) is 3.14. The minimum absolute atomic E-state index is 0.114. The third kappa shape index (κ3) is 4.53. The fourth-order valence-corrected chi connectivity index (χ4v) is 2.16. The molecule has 0 aliphatic heterocycles. The Morgan fingerprint density at radius 3 is 2.35 bits per heavy atom. The molecule has 23 heavy (non-hydrogen) atoms. The number of hydrogen-bond acceptors (Lipinski definition) is 4. The SMILES string of the molecule is COc1cc(NC(=O)COc2ccc(C)cc2)c(OC)cc1Cl. The molecule has 0 saturated carbocycles. The van der Waals surface area contributed by atoms with E-state index < -0.39 is 0 Å². The minimum atomic E-state index is -0.312. The van der Waals surface area contributed by atoms with Gasteiger partial charge in [-0.15, -0.1) is 0 Å². The van der Waals surface area contributed by atoms with Crippen LogP contribution in [0.4, 0.5) is 5.69 Å². The Morgan fingerprint density at radius 1 is 1.09 bits per heavy atom. The maximum Gasteiger partial charge on any atom is 0.262 e. The Balaban J connectivity index is 2.03. The highest BCUT2D eigenvalue weighted by molar-refractivity contribution is 6.32. The number of nitrogens with one attached hydrogen (secondary N) is 1. The summed E-state index contributed by atoms with van der Waals surface area (Å²) in [6.45, 7) is 1.87. The Morgan fingerprint density at radius 2 is 1.74 bits per heavy atom. The van der Waals surface area contributed by atoms with E-state index in [0.29, 0.717) is 28.0 Å². The van der Waals surface area contributed by atoms with Crippen molar-refractivity contribution in [3.8, 4) is 17.2 Å². The number of benzene rings is 2. The van der Waals surface area contributed by atoms with Crippen LogP contribution in [0.15, 0.2) is 36.4 Å². The van der Waals surface area contributed by atoms with Crippen LogP contribution < -0.4 is 19.5 Å². The van der Waals surface area contributed by atoms with Gasteiger partial charge in [-0.25, -0.2) is 0 Å². The largest absolute Gasteiger partial charge is 0.495 e. The Hall–Kier alpha value is -2.40. The smallest absolute Gasteiger partial charge is 0.262 e. The molecule has 6 heteroatoms. The number of halogens is 1. The van der Waals surface area contributed by atoms with Gasteiger partial charge in [0.1, 0.15) is 17.2 Å². The van der Waals surface area contributed by atoms with E-state index in [4.69, 9.17) is 25.8 Å². The van der Waals surface area contributed by atoms with Crippen molar-refractivity contribution in [1.82, 2.24) is 0 Å². The van der Waals surface area contributed by atoms with Gasteiger partial charge in [-0.3, -0.25) is 4.79 Å². The molecule has 1 N–H and O–H groups in total. The van der Waals surface area contributed by atoms with E-state index in [2.05, 4.69) is 5.32 Å². The van der Waals surface area contributed by atoms with Gasteiger partial charge in [-0.2, -0.15) is 0 Å². The van der Waals surface area contributed by atoms with Crippen molar-refractivity contribution in [1.29, 1.82) is 0 Å². The second-order valence-corrected chi connectivity index (χ2v) is 5.24. The van der Waals surface area contributed by atoms with E-state index >= 15 is 0 Å². The van der Waals surface area contributed by atoms with Crippen molar-refractivity contribution in [2.45, 2.75) is 6.92 Å². The van der Waals surface area contributed by atoms with Gasteiger partial charge in [0.2, 0.25) is 0 Å². The maximum atomic E-state index is 12.0. The number of rotatable bonds is 6. The highest BCUT2D eigenvalue weighted by Crippen LogP contribution is 2.35. The molecule has 0 aliphatic carbocycles. The molecule has 122 valence electrons. The summed E-state index contributed by atoms with van der Waals surface area (Å²) in [7, 11) is 3.00. The lowest BCUT2D eigenvalue weighted by Crippen LogP contribution is -2.20. The molecule has 2 aromatic carbocycles. The van der Waals surface area contributed by atoms with Crippen molar-refractivity contribution in [3.63, 3.8) is 0 Å². The Bertz CT molecular complexity index is 686. The van der Waals surface area contributed by atoms with Gasteiger partial charge in [0, 0.05) is 12.1 Å². The molecule has 1 amide bonds. The molecule has 0 unspecified atom stereocenters. The van der Waals surface area contributed by atoms with E-state index in [9.17, 15) is 4.79 Å². The molecule has 5 nitrogen and oxygen atoms in total. The van der Waals surface area contributed by atoms with Crippen LogP contribution in [0, 0.1) is 6.92 Å². The molecule has 2 rings (SSSR count). The standard InChI is InChI=1S/C17H18ClNO4/c1-11-4-6-12(7-5-11)23-10-17(20)19-14-9-15(21-2)13(18)8-16(14)22-3/h4-9H,10H2,1-3H3,(H,19,20). The van der Waals surface area contributed by atoms with Crippen LogP contribution >= 0.6 is 11.6 Å². The first-order valence-corrected chi connectivity index (χ1v) is 7.32. The fourth-order valence-electron chi connectivity index (χ4n) is 1.93. The predicted molar refractivity (Wildman–Crippen MR) is 89.9 cm³/mol. The van der Waals surface area contributed by atoms with Gasteiger partial charge in [-0.1, -0.05) is 29.3 Å². The van der Waals surface area contributed by atoms with E-state index in [1.54, 1.807) is 12.1 Å². The lowest BCUT2D eigenvalue weighted by Gasteiger charge is -2.13. The van der Waals surface area contributed by atoms with Crippen molar-refractivity contribution < 1.29 is 19.0 Å². The quantitative estimate of drug-likeness (QED) is 0.874. The van der Waals surface area contributed by atoms with E-state index in [-0.39, 0.29) is 12.5 Å². The number of carbonyl (C=O) groups excluding carboxylic acids is 1. The molecule has 0 bridgehead atoms. The first kappa shape index (κ1) is 17.0. The summed E-state index contributed by atoms with van der Waals surface area (Å²) in [6.07, 6.45) is 0. The van der Waals surface area contributed by atoms with Gasteiger partial charge in [0.25, 0.3) is 5.91 Å². The second-order valence-electron chi connectivity index (χ2n) is 4.84. The summed E-state index contributed by atoms with van der Waals surface area (Å²) in [6, 6.07) is 10.6. The number of anilines is 1. The van der Waals surface area contributed by atoms with Crippen molar-refractivity contribution in [3.05, 3.63) is 47.0 Å². The van der Waals surface area contributed by atoms with Gasteiger partial charge < -0.3 is 19.5 Å². The number of aryl methyl sites for hydroxylation is 1. The number of amides is 1. The fraction of sp³-hybridized carbons (Fsp3) is 0.235. The molecule has 0 aliphatic rings. The highest BCUT2D eigenvalue weighted by atomic mass is 35.5. The monoisotopic (exact) mass is 335 g/mol. The van der Waals surface area contributed by atoms with Crippen LogP contribution in [0.5, 0.6) is 17.2 Å². The number of methoxy groups -OCH3 is 2. The molecule has 0 radical (unpaired) electrons. The molecule has 0 fully saturated rings. The van der Waals surface area contributed by atoms with Gasteiger partial charge >= 0.3 is 0 Å². The molecule has 0 heterocycles. The number of ether oxygens (including phenoxy) is 3. The topological polar surface area (TPSA) is 56.8 Å². The van der Waals surface area contributed by atoms with Crippen LogP contribution in [-0.2, 0) is 4.79 Å². The predicted octanol–water partition coefficient (Wildman–Crippen LogP) is 3.68. The lowest BCUT2D eigenvalue weighted by atomic mass is 10.2. The summed E-state index contributed by atoms with van der Waals surface area (Å²) >= 11 is 6.03. The van der Waals surface area contributed by atoms with Gasteiger partial charge in [0.15, 0.2) is 6.61 Å². The summed E-state index contributed by atoms with van der Waals surface area (Å²) in [5.74, 6) is 1.21. The van der Waals surface area contributed by atoms with Crippen LogP contribution in [0.2, 0.25) is 5.02 Å². The van der Waals surface area contributed by atoms with Gasteiger partial charge in [-0.05, 0) is 19.1 Å². The van der Waals surface area contributed by atoms with Crippen LogP contribution in [-0.4, -0.2) is 26.7 Å². The molecule has 0 spiro atoms. The highest BCUT2D eigenvalue weighted by Gasteiger charge is 2.13. The van der Waals surface area contributed by atoms with Crippen molar-refractivity contribution in [2.75, 3.05) is 26.1 Å². The average molecular weight is 336 g/mol. The van der Waals surface area contributed by atoms with Crippen molar-refractivity contribution >= 4 is 23.2 Å². The number of carbonyl (C=O) groups is 1. The number of hydrogen-bond donors (Lipinski definition) is 1. The molecular weight excluding hydrogens is 318 g/mol. The van der Waals surface area contributed by atoms with Crippen LogP contribution in [0.3, 0.4) is 0 Å². The zero-order valence-electron chi connectivity index (χ0n) is 13.2. The molecule has 0 atom stereocenters. The minimum Gasteiger partial charge on any atom is -0.495 e. The normalized spacial score (nSPS) is 10.1. The van der Waals surface area contributed by atoms with Crippen LogP contribution in [0.1, 0.15) is 5.56 Å². The Labute approximate surface area is 140 Å².